The average molecular weight is 430 g/mol. The van der Waals surface area contributed by atoms with E-state index >= 15 is 0 Å². The molecule has 4 rings (SSSR count). The summed E-state index contributed by atoms with van der Waals surface area (Å²) in [4.78, 5) is 8.99. The van der Waals surface area contributed by atoms with Crippen molar-refractivity contribution in [1.82, 2.24) is 9.97 Å². The fourth-order valence-electron chi connectivity index (χ4n) is 3.01. The lowest BCUT2D eigenvalue weighted by molar-refractivity contribution is 0.316. The van der Waals surface area contributed by atoms with Gasteiger partial charge in [0.25, 0.3) is 10.1 Å². The van der Waals surface area contributed by atoms with Crippen molar-refractivity contribution in [3.05, 3.63) is 48.5 Å². The first-order chi connectivity index (χ1) is 14.4. The Balaban J connectivity index is 1.54. The highest BCUT2D eigenvalue weighted by atomic mass is 32.2. The summed E-state index contributed by atoms with van der Waals surface area (Å²) in [5, 5.41) is 0. The smallest absolute Gasteiger partial charge is 0.264 e. The molecular weight excluding hydrogens is 408 g/mol. The molecule has 0 atom stereocenters. The molecule has 1 N–H and O–H groups in total. The molecule has 0 spiro atoms. The Morgan fingerprint density at radius 2 is 1.87 bits per heavy atom. The highest BCUT2D eigenvalue weighted by Gasteiger charge is 2.31. The van der Waals surface area contributed by atoms with Gasteiger partial charge in [-0.1, -0.05) is 0 Å². The zero-order valence-corrected chi connectivity index (χ0v) is 17.3. The first-order valence-electron chi connectivity index (χ1n) is 9.62. The highest BCUT2D eigenvalue weighted by Crippen LogP contribution is 2.43. The second-order valence-corrected chi connectivity index (χ2v) is 8.68. The summed E-state index contributed by atoms with van der Waals surface area (Å²) in [6.07, 6.45) is 4.08. The number of rotatable bonds is 9. The molecule has 0 aliphatic heterocycles. The van der Waals surface area contributed by atoms with Crippen LogP contribution in [0.3, 0.4) is 0 Å². The van der Waals surface area contributed by atoms with Gasteiger partial charge in [-0.05, 0) is 49.6 Å². The maximum absolute atomic E-state index is 10.8. The summed E-state index contributed by atoms with van der Waals surface area (Å²) in [6.45, 7) is 0.191. The molecule has 0 unspecified atom stereocenters. The molecule has 2 heterocycles. The first-order valence-corrected chi connectivity index (χ1v) is 11.2. The molecular formula is C21H22N2O6S. The summed E-state index contributed by atoms with van der Waals surface area (Å²) >= 11 is 0. The lowest BCUT2D eigenvalue weighted by Crippen LogP contribution is -2.08. The quantitative estimate of drug-likeness (QED) is 0.401. The number of benzene rings is 1. The van der Waals surface area contributed by atoms with Crippen LogP contribution in [-0.2, 0) is 10.1 Å². The molecule has 0 radical (unpaired) electrons. The third-order valence-corrected chi connectivity index (χ3v) is 5.53. The van der Waals surface area contributed by atoms with Gasteiger partial charge in [0.05, 0.1) is 19.5 Å². The topological polar surface area (TPSA) is 112 Å². The number of methoxy groups -OCH3 is 1. The lowest BCUT2D eigenvalue weighted by Gasteiger charge is -2.07. The lowest BCUT2D eigenvalue weighted by atomic mass is 10.1. The standard InChI is InChI=1S/C21H22N2O6S/c1-27-18-10-7-16(13-22-18)19-20(29-21(23-19)15-3-4-15)14-5-8-17(9-6-14)28-11-2-12-30(24,25)26/h5-10,13,15H,2-4,11-12H2,1H3,(H,24,25,26). The van der Waals surface area contributed by atoms with Crippen molar-refractivity contribution >= 4 is 10.1 Å². The average Bonchev–Trinajstić information content (AvgIpc) is 3.50. The van der Waals surface area contributed by atoms with Crippen molar-refractivity contribution in [2.75, 3.05) is 19.5 Å². The van der Waals surface area contributed by atoms with Crippen LogP contribution < -0.4 is 9.47 Å². The molecule has 158 valence electrons. The fraction of sp³-hybridized carbons (Fsp3) is 0.333. The van der Waals surface area contributed by atoms with Crippen LogP contribution in [0.1, 0.15) is 31.1 Å². The van der Waals surface area contributed by atoms with Gasteiger partial charge in [-0.3, -0.25) is 4.55 Å². The summed E-state index contributed by atoms with van der Waals surface area (Å²) in [5.74, 6) is 2.58. The maximum atomic E-state index is 10.8. The second-order valence-electron chi connectivity index (χ2n) is 7.11. The molecule has 1 aromatic carbocycles. The van der Waals surface area contributed by atoms with Gasteiger partial charge in [0.1, 0.15) is 11.4 Å². The number of hydrogen-bond acceptors (Lipinski definition) is 7. The van der Waals surface area contributed by atoms with E-state index in [1.165, 1.54) is 0 Å². The molecule has 0 saturated heterocycles. The molecule has 2 aromatic heterocycles. The van der Waals surface area contributed by atoms with Gasteiger partial charge < -0.3 is 13.9 Å². The number of nitrogens with zero attached hydrogens (tertiary/aromatic N) is 2. The minimum Gasteiger partial charge on any atom is -0.494 e. The van der Waals surface area contributed by atoms with Crippen molar-refractivity contribution in [2.24, 2.45) is 0 Å². The number of ether oxygens (including phenoxy) is 2. The summed E-state index contributed by atoms with van der Waals surface area (Å²) in [6, 6.07) is 11.0. The molecule has 1 aliphatic carbocycles. The van der Waals surface area contributed by atoms with E-state index in [2.05, 4.69) is 4.98 Å². The predicted octanol–water partition coefficient (Wildman–Crippen LogP) is 3.95. The van der Waals surface area contributed by atoms with Gasteiger partial charge in [-0.2, -0.15) is 8.42 Å². The minimum absolute atomic E-state index is 0.191. The van der Waals surface area contributed by atoms with Crippen LogP contribution in [0.4, 0.5) is 0 Å². The SMILES string of the molecule is COc1ccc(-c2nc(C3CC3)oc2-c2ccc(OCCCS(=O)(=O)O)cc2)cn1. The normalized spacial score (nSPS) is 13.9. The summed E-state index contributed by atoms with van der Waals surface area (Å²) < 4.78 is 47.0. The predicted molar refractivity (Wildman–Crippen MR) is 110 cm³/mol. The molecule has 1 saturated carbocycles. The molecule has 30 heavy (non-hydrogen) atoms. The van der Waals surface area contributed by atoms with Gasteiger partial charge in [0.2, 0.25) is 5.88 Å². The van der Waals surface area contributed by atoms with Crippen molar-refractivity contribution in [1.29, 1.82) is 0 Å². The zero-order valence-electron chi connectivity index (χ0n) is 16.4. The van der Waals surface area contributed by atoms with E-state index in [0.29, 0.717) is 23.3 Å². The van der Waals surface area contributed by atoms with E-state index < -0.39 is 10.1 Å². The zero-order chi connectivity index (χ0) is 21.1. The molecule has 3 aromatic rings. The van der Waals surface area contributed by atoms with Gasteiger partial charge in [0, 0.05) is 29.3 Å². The van der Waals surface area contributed by atoms with Gasteiger partial charge in [0.15, 0.2) is 11.7 Å². The van der Waals surface area contributed by atoms with Crippen LogP contribution in [0, 0.1) is 0 Å². The van der Waals surface area contributed by atoms with Crippen molar-refractivity contribution < 1.29 is 26.9 Å². The number of aromatic nitrogens is 2. The number of oxazole rings is 1. The van der Waals surface area contributed by atoms with E-state index in [0.717, 1.165) is 35.6 Å². The molecule has 1 fully saturated rings. The Morgan fingerprint density at radius 1 is 1.13 bits per heavy atom. The van der Waals surface area contributed by atoms with E-state index in [1.54, 1.807) is 31.5 Å². The van der Waals surface area contributed by atoms with Crippen LogP contribution in [0.15, 0.2) is 47.0 Å². The van der Waals surface area contributed by atoms with Crippen LogP contribution in [0.2, 0.25) is 0 Å². The number of hydrogen-bond donors (Lipinski definition) is 1. The third kappa shape index (κ3) is 4.98. The Bertz CT molecular complexity index is 1100. The first kappa shape index (κ1) is 20.4. The Labute approximate surface area is 174 Å². The summed E-state index contributed by atoms with van der Waals surface area (Å²) in [7, 11) is -2.40. The molecule has 8 nitrogen and oxygen atoms in total. The highest BCUT2D eigenvalue weighted by molar-refractivity contribution is 7.85. The Kier molecular flexibility index (Phi) is 5.74. The second kappa shape index (κ2) is 8.45. The van der Waals surface area contributed by atoms with Gasteiger partial charge in [-0.25, -0.2) is 9.97 Å². The van der Waals surface area contributed by atoms with Crippen LogP contribution in [-0.4, -0.2) is 42.4 Å². The van der Waals surface area contributed by atoms with Crippen LogP contribution in [0.25, 0.3) is 22.6 Å². The fourth-order valence-corrected chi connectivity index (χ4v) is 3.49. The maximum Gasteiger partial charge on any atom is 0.264 e. The van der Waals surface area contributed by atoms with Crippen molar-refractivity contribution in [3.63, 3.8) is 0 Å². The monoisotopic (exact) mass is 430 g/mol. The van der Waals surface area contributed by atoms with Gasteiger partial charge in [-0.15, -0.1) is 0 Å². The van der Waals surface area contributed by atoms with Crippen LogP contribution >= 0.6 is 0 Å². The number of pyridine rings is 1. The van der Waals surface area contributed by atoms with Crippen molar-refractivity contribution in [3.8, 4) is 34.2 Å². The van der Waals surface area contributed by atoms with E-state index in [9.17, 15) is 8.42 Å². The molecule has 1 aliphatic rings. The van der Waals surface area contributed by atoms with Crippen molar-refractivity contribution in [2.45, 2.75) is 25.2 Å². The third-order valence-electron chi connectivity index (χ3n) is 4.72. The van der Waals surface area contributed by atoms with E-state index in [1.807, 2.05) is 18.2 Å². The summed E-state index contributed by atoms with van der Waals surface area (Å²) in [5.41, 5.74) is 2.42. The molecule has 0 bridgehead atoms. The minimum atomic E-state index is -3.97. The largest absolute Gasteiger partial charge is 0.494 e. The van der Waals surface area contributed by atoms with Gasteiger partial charge >= 0.3 is 0 Å². The van der Waals surface area contributed by atoms with E-state index in [-0.39, 0.29) is 18.8 Å². The Morgan fingerprint density at radius 3 is 2.47 bits per heavy atom. The Hall–Kier alpha value is -2.91. The molecule has 9 heteroatoms. The van der Waals surface area contributed by atoms with E-state index in [4.69, 9.17) is 23.4 Å². The van der Waals surface area contributed by atoms with Crippen LogP contribution in [0.5, 0.6) is 11.6 Å². The molecule has 0 amide bonds.